The minimum Gasteiger partial charge on any atom is -0.487 e. The monoisotopic (exact) mass is 410 g/mol. The fourth-order valence-corrected chi connectivity index (χ4v) is 5.38. The molecule has 1 atom stereocenters. The van der Waals surface area contributed by atoms with Gasteiger partial charge in [-0.15, -0.1) is 0 Å². The lowest BCUT2D eigenvalue weighted by molar-refractivity contribution is -0.113. The normalized spacial score (nSPS) is 16.2. The van der Waals surface area contributed by atoms with Crippen molar-refractivity contribution in [2.75, 3.05) is 6.54 Å². The van der Waals surface area contributed by atoms with Crippen LogP contribution in [0.4, 0.5) is 0 Å². The van der Waals surface area contributed by atoms with Gasteiger partial charge in [0.05, 0.1) is 10.9 Å². The molecule has 1 heterocycles. The third kappa shape index (κ3) is 4.15. The molecule has 0 saturated carbocycles. The molecule has 1 aromatic rings. The highest BCUT2D eigenvalue weighted by Gasteiger charge is 2.39. The maximum atomic E-state index is 13.1. The van der Waals surface area contributed by atoms with E-state index < -0.39 is 26.6 Å². The molecule has 0 amide bonds. The second kappa shape index (κ2) is 7.71. The van der Waals surface area contributed by atoms with Crippen LogP contribution in [0.1, 0.15) is 48.9 Å². The first-order valence-electron chi connectivity index (χ1n) is 9.21. The number of benzene rings is 1. The number of carbonyl (C=O) groups is 1. The molecule has 1 aliphatic rings. The molecule has 156 valence electrons. The number of fused-ring (bicyclic) bond motifs is 1. The number of nitrogens with two attached hydrogens (primary N) is 3. The molecule has 8 nitrogen and oxygen atoms in total. The zero-order valence-electron chi connectivity index (χ0n) is 17.1. The summed E-state index contributed by atoms with van der Waals surface area (Å²) in [5.74, 6) is 0.658. The lowest BCUT2D eigenvalue weighted by Crippen LogP contribution is -2.37. The summed E-state index contributed by atoms with van der Waals surface area (Å²) in [6.45, 7) is 9.42. The quantitative estimate of drug-likeness (QED) is 0.359. The number of sulfone groups is 1. The highest BCUT2D eigenvalue weighted by Crippen LogP contribution is 2.44. The zero-order chi connectivity index (χ0) is 21.4. The van der Waals surface area contributed by atoms with E-state index in [1.807, 2.05) is 20.8 Å². The number of nitrogens with zero attached hydrogens (tertiary/aromatic N) is 1. The number of carbonyl (C=O) groups excluding carboxylic acids is 1. The number of hydrogen-bond donors (Lipinski definition) is 3. The van der Waals surface area contributed by atoms with Gasteiger partial charge in [0.15, 0.2) is 5.96 Å². The van der Waals surface area contributed by atoms with Crippen LogP contribution in [0.2, 0.25) is 0 Å². The van der Waals surface area contributed by atoms with Crippen LogP contribution in [0.3, 0.4) is 0 Å². The Morgan fingerprint density at radius 3 is 2.36 bits per heavy atom. The van der Waals surface area contributed by atoms with E-state index in [9.17, 15) is 13.2 Å². The summed E-state index contributed by atoms with van der Waals surface area (Å²) in [6.07, 6.45) is 1.16. The maximum Gasteiger partial charge on any atom is 0.267 e. The number of guanidine groups is 1. The second-order valence-corrected chi connectivity index (χ2v) is 9.75. The summed E-state index contributed by atoms with van der Waals surface area (Å²) >= 11 is 0. The smallest absolute Gasteiger partial charge is 0.267 e. The topological polar surface area (TPSA) is 151 Å². The van der Waals surface area contributed by atoms with Gasteiger partial charge in [-0.25, -0.2) is 8.42 Å². The van der Waals surface area contributed by atoms with Gasteiger partial charge in [0.1, 0.15) is 11.4 Å². The summed E-state index contributed by atoms with van der Waals surface area (Å²) in [5, 5.41) is -0.985. The van der Waals surface area contributed by atoms with Crippen LogP contribution in [0, 0.1) is 20.8 Å². The van der Waals surface area contributed by atoms with Crippen molar-refractivity contribution in [1.82, 2.24) is 0 Å². The van der Waals surface area contributed by atoms with Crippen LogP contribution in [0.15, 0.2) is 9.89 Å². The lowest BCUT2D eigenvalue weighted by Gasteiger charge is -2.19. The molecule has 9 heteroatoms. The Bertz CT molecular complexity index is 932. The number of ether oxygens (including phenoxy) is 1. The molecular formula is C19H30N4O4S. The Hall–Kier alpha value is -2.13. The SMILES string of the molecule is Cc1c(C)c(S(=O)(=O)C(=O)[C@@H](N)CCCN=C(N)N)c(C)c2c1OC(C)(C)C2. The molecule has 0 bridgehead atoms. The molecule has 0 aromatic heterocycles. The Kier molecular flexibility index (Phi) is 6.10. The van der Waals surface area contributed by atoms with Gasteiger partial charge in [0, 0.05) is 18.5 Å². The van der Waals surface area contributed by atoms with Crippen molar-refractivity contribution in [2.45, 2.75) is 70.4 Å². The second-order valence-electron chi connectivity index (χ2n) is 7.93. The van der Waals surface area contributed by atoms with E-state index in [1.165, 1.54) is 0 Å². The largest absolute Gasteiger partial charge is 0.487 e. The third-order valence-electron chi connectivity index (χ3n) is 5.10. The van der Waals surface area contributed by atoms with Gasteiger partial charge in [-0.05, 0) is 64.2 Å². The molecule has 0 aliphatic carbocycles. The van der Waals surface area contributed by atoms with E-state index >= 15 is 0 Å². The summed E-state index contributed by atoms with van der Waals surface area (Å²) in [4.78, 5) is 16.6. The van der Waals surface area contributed by atoms with Crippen molar-refractivity contribution < 1.29 is 17.9 Å². The molecule has 0 radical (unpaired) electrons. The highest BCUT2D eigenvalue weighted by atomic mass is 32.2. The van der Waals surface area contributed by atoms with Crippen molar-refractivity contribution in [3.05, 3.63) is 22.3 Å². The molecule has 2 rings (SSSR count). The van der Waals surface area contributed by atoms with Crippen molar-refractivity contribution in [3.8, 4) is 5.75 Å². The number of aliphatic imine (C=N–C) groups is 1. The molecule has 1 aromatic carbocycles. The predicted octanol–water partition coefficient (Wildman–Crippen LogP) is 1.01. The first-order chi connectivity index (χ1) is 12.8. The minimum absolute atomic E-state index is 0.0507. The van der Waals surface area contributed by atoms with Gasteiger partial charge >= 0.3 is 0 Å². The Morgan fingerprint density at radius 1 is 1.18 bits per heavy atom. The van der Waals surface area contributed by atoms with E-state index in [-0.39, 0.29) is 23.8 Å². The standard InChI is InChI=1S/C19H30N4O4S/c1-10-11(2)16(12(3)13-9-19(4,5)27-15(10)13)28(25,26)17(24)14(20)7-6-8-23-18(21)22/h14H,6-9,20H2,1-5H3,(H4,21,22,23)/t14-/m0/s1. The predicted molar refractivity (Wildman–Crippen MR) is 109 cm³/mol. The third-order valence-corrected chi connectivity index (χ3v) is 7.08. The Morgan fingerprint density at radius 2 is 1.79 bits per heavy atom. The van der Waals surface area contributed by atoms with Gasteiger partial charge in [-0.3, -0.25) is 9.79 Å². The van der Waals surface area contributed by atoms with E-state index in [4.69, 9.17) is 21.9 Å². The van der Waals surface area contributed by atoms with E-state index in [0.29, 0.717) is 29.7 Å². The van der Waals surface area contributed by atoms with Gasteiger partial charge < -0.3 is 21.9 Å². The molecule has 28 heavy (non-hydrogen) atoms. The van der Waals surface area contributed by atoms with Gasteiger partial charge in [0.25, 0.3) is 5.12 Å². The van der Waals surface area contributed by atoms with Crippen LogP contribution >= 0.6 is 0 Å². The summed E-state index contributed by atoms with van der Waals surface area (Å²) in [6, 6.07) is -1.14. The molecule has 0 fully saturated rings. The van der Waals surface area contributed by atoms with Gasteiger partial charge in [-0.2, -0.15) is 0 Å². The zero-order valence-corrected chi connectivity index (χ0v) is 17.9. The van der Waals surface area contributed by atoms with E-state index in [1.54, 1.807) is 13.8 Å². The molecule has 0 spiro atoms. The Labute approximate surface area is 166 Å². The molecule has 0 unspecified atom stereocenters. The van der Waals surface area contributed by atoms with Crippen molar-refractivity contribution in [3.63, 3.8) is 0 Å². The summed E-state index contributed by atoms with van der Waals surface area (Å²) in [5.41, 5.74) is 18.6. The maximum absolute atomic E-state index is 13.1. The lowest BCUT2D eigenvalue weighted by atomic mass is 9.94. The Balaban J connectivity index is 2.38. The minimum atomic E-state index is -4.24. The van der Waals surface area contributed by atoms with Crippen LogP contribution in [-0.2, 0) is 21.1 Å². The average Bonchev–Trinajstić information content (AvgIpc) is 2.91. The van der Waals surface area contributed by atoms with Gasteiger partial charge in [0.2, 0.25) is 9.84 Å². The van der Waals surface area contributed by atoms with Crippen LogP contribution in [0.5, 0.6) is 5.75 Å². The average molecular weight is 411 g/mol. The number of hydrogen-bond acceptors (Lipinski definition) is 6. The molecular weight excluding hydrogens is 380 g/mol. The van der Waals surface area contributed by atoms with Crippen LogP contribution in [-0.4, -0.2) is 37.7 Å². The molecule has 0 saturated heterocycles. The molecule has 6 N–H and O–H groups in total. The van der Waals surface area contributed by atoms with Crippen LogP contribution < -0.4 is 21.9 Å². The fourth-order valence-electron chi connectivity index (χ4n) is 3.58. The van der Waals surface area contributed by atoms with Crippen molar-refractivity contribution >= 4 is 20.9 Å². The molecule has 1 aliphatic heterocycles. The number of rotatable bonds is 6. The summed E-state index contributed by atoms with van der Waals surface area (Å²) < 4.78 is 32.3. The van der Waals surface area contributed by atoms with Gasteiger partial charge in [-0.1, -0.05) is 0 Å². The highest BCUT2D eigenvalue weighted by molar-refractivity contribution is 8.06. The first-order valence-corrected chi connectivity index (χ1v) is 10.7. The summed E-state index contributed by atoms with van der Waals surface area (Å²) in [7, 11) is -4.24. The van der Waals surface area contributed by atoms with E-state index in [0.717, 1.165) is 11.1 Å². The first kappa shape index (κ1) is 22.2. The fraction of sp³-hybridized carbons (Fsp3) is 0.579. The van der Waals surface area contributed by atoms with E-state index in [2.05, 4.69) is 4.99 Å². The van der Waals surface area contributed by atoms with Crippen molar-refractivity contribution in [1.29, 1.82) is 0 Å². The van der Waals surface area contributed by atoms with Crippen LogP contribution in [0.25, 0.3) is 0 Å². The van der Waals surface area contributed by atoms with Crippen molar-refractivity contribution in [2.24, 2.45) is 22.2 Å².